The molecule has 0 N–H and O–H groups in total. The van der Waals surface area contributed by atoms with Crippen molar-refractivity contribution < 1.29 is 0 Å². The molecule has 0 aliphatic rings. The van der Waals surface area contributed by atoms with Gasteiger partial charge in [0.25, 0.3) is 0 Å². The minimum atomic E-state index is -0.525. The lowest BCUT2D eigenvalue weighted by atomic mass is 10.5. The first-order valence-corrected chi connectivity index (χ1v) is 10.6. The van der Waals surface area contributed by atoms with Gasteiger partial charge in [-0.25, -0.2) is 0 Å². The third-order valence-electron chi connectivity index (χ3n) is 0.875. The second-order valence-electron chi connectivity index (χ2n) is 1.82. The predicted molar refractivity (Wildman–Crippen MR) is 58.3 cm³/mol. The van der Waals surface area contributed by atoms with Crippen LogP contribution in [0.3, 0.4) is 0 Å². The van der Waals surface area contributed by atoms with E-state index in [1.54, 1.807) is 12.4 Å². The van der Waals surface area contributed by atoms with Gasteiger partial charge in [-0.3, -0.25) is 4.98 Å². The molecule has 0 atom stereocenters. The van der Waals surface area contributed by atoms with Gasteiger partial charge in [0.05, 0.1) is 0 Å². The second-order valence-corrected chi connectivity index (χ2v) is 13.7. The van der Waals surface area contributed by atoms with Crippen LogP contribution >= 0.6 is 28.1 Å². The Balaban J connectivity index is 0.000000187. The van der Waals surface area contributed by atoms with Gasteiger partial charge >= 0.3 is 10.5 Å². The fourth-order valence-electron chi connectivity index (χ4n) is 0.313. The van der Waals surface area contributed by atoms with Gasteiger partial charge in [-0.15, -0.1) is 0 Å². The zero-order valence-corrected chi connectivity index (χ0v) is 10.7. The van der Waals surface area contributed by atoms with Gasteiger partial charge in [-0.2, -0.15) is 28.1 Å². The highest BCUT2D eigenvalue weighted by molar-refractivity contribution is 9.49. The number of aromatic nitrogens is 1. The van der Waals surface area contributed by atoms with E-state index >= 15 is 0 Å². The maximum absolute atomic E-state index is 3.78. The van der Waals surface area contributed by atoms with E-state index in [1.807, 2.05) is 18.2 Å². The summed E-state index contributed by atoms with van der Waals surface area (Å²) in [5, 5.41) is 1.28. The molecule has 0 saturated carbocycles. The molecule has 0 bridgehead atoms. The summed E-state index contributed by atoms with van der Waals surface area (Å²) in [4.78, 5) is 3.78. The molecule has 0 aliphatic carbocycles. The molecule has 0 saturated heterocycles. The number of nitrogens with zero attached hydrogens (tertiary/aromatic N) is 1. The Labute approximate surface area is 85.9 Å². The molecule has 0 fully saturated rings. The fraction of sp³-hybridized carbons (Fsp3) is 0.286. The van der Waals surface area contributed by atoms with Gasteiger partial charge in [0.15, 0.2) is 0 Å². The summed E-state index contributed by atoms with van der Waals surface area (Å²) in [6.07, 6.45) is 3.50. The largest absolute Gasteiger partial charge is 0.455 e. The molecule has 0 spiro atoms. The lowest BCUT2D eigenvalue weighted by molar-refractivity contribution is 1.33. The predicted octanol–water partition coefficient (Wildman–Crippen LogP) is 3.37. The first-order valence-electron chi connectivity index (χ1n) is 3.40. The molecule has 0 amide bonds. The summed E-state index contributed by atoms with van der Waals surface area (Å²) in [7, 11) is -0.525. The van der Waals surface area contributed by atoms with Crippen LogP contribution in [0, 0.1) is 0 Å². The second kappa shape index (κ2) is 8.74. The van der Waals surface area contributed by atoms with E-state index in [9.17, 15) is 0 Å². The van der Waals surface area contributed by atoms with Crippen LogP contribution < -0.4 is 0 Å². The SMILES string of the molecule is C[CH2][Al]([Br])[Br].c1ccncc1. The van der Waals surface area contributed by atoms with Gasteiger partial charge in [0.1, 0.15) is 0 Å². The number of hydrogen-bond acceptors (Lipinski definition) is 1. The Morgan fingerprint density at radius 1 is 1.18 bits per heavy atom. The Bertz CT molecular complexity index is 131. The van der Waals surface area contributed by atoms with Crippen LogP contribution in [0.1, 0.15) is 6.92 Å². The zero-order chi connectivity index (χ0) is 8.53. The number of rotatable bonds is 1. The standard InChI is InChI=1S/C5H5N.C2H5.Al.2BrH/c1-2-4-6-5-3-1;1-2;;;/h1-5H;1H2,2H3;;2*1H/q;;+2;;/p-2. The van der Waals surface area contributed by atoms with Crippen LogP contribution in [0.25, 0.3) is 0 Å². The fourth-order valence-corrected chi connectivity index (χ4v) is 0.313. The third kappa shape index (κ3) is 10.6. The van der Waals surface area contributed by atoms with Gasteiger partial charge in [-0.1, -0.05) is 18.3 Å². The van der Waals surface area contributed by atoms with Crippen molar-refractivity contribution in [2.45, 2.75) is 12.2 Å². The minimum absolute atomic E-state index is 0.525. The highest BCUT2D eigenvalue weighted by Crippen LogP contribution is 2.05. The monoisotopic (exact) mass is 293 g/mol. The Morgan fingerprint density at radius 3 is 1.73 bits per heavy atom. The Hall–Kier alpha value is 0.642. The molecule has 60 valence electrons. The molecule has 1 rings (SSSR count). The third-order valence-corrected chi connectivity index (χ3v) is 5.38. The highest BCUT2D eigenvalue weighted by Gasteiger charge is 2.00. The molecular weight excluding hydrogens is 285 g/mol. The van der Waals surface area contributed by atoms with E-state index in [0.29, 0.717) is 0 Å². The van der Waals surface area contributed by atoms with Gasteiger partial charge in [0, 0.05) is 12.4 Å². The zero-order valence-electron chi connectivity index (χ0n) is 6.37. The summed E-state index contributed by atoms with van der Waals surface area (Å²) >= 11 is 6.86. The van der Waals surface area contributed by atoms with Crippen LogP contribution in [-0.4, -0.2) is 15.5 Å². The van der Waals surface area contributed by atoms with Crippen molar-refractivity contribution in [1.29, 1.82) is 0 Å². The van der Waals surface area contributed by atoms with Crippen LogP contribution in [-0.2, 0) is 0 Å². The molecule has 1 aromatic heterocycles. The number of halogens is 2. The van der Waals surface area contributed by atoms with E-state index < -0.39 is 10.5 Å². The van der Waals surface area contributed by atoms with Crippen LogP contribution in [0.2, 0.25) is 5.28 Å². The van der Waals surface area contributed by atoms with E-state index in [-0.39, 0.29) is 0 Å². The maximum atomic E-state index is 3.78. The highest BCUT2D eigenvalue weighted by atomic mass is 79.9. The molecule has 0 radical (unpaired) electrons. The van der Waals surface area contributed by atoms with Gasteiger partial charge in [-0.05, 0) is 12.1 Å². The molecule has 0 aliphatic heterocycles. The van der Waals surface area contributed by atoms with Crippen molar-refractivity contribution in [2.24, 2.45) is 0 Å². The molecule has 11 heavy (non-hydrogen) atoms. The van der Waals surface area contributed by atoms with E-state index in [1.165, 1.54) is 5.28 Å². The lowest BCUT2D eigenvalue weighted by Crippen LogP contribution is -1.80. The quantitative estimate of drug-likeness (QED) is 0.724. The van der Waals surface area contributed by atoms with Crippen LogP contribution in [0.4, 0.5) is 0 Å². The summed E-state index contributed by atoms with van der Waals surface area (Å²) in [6, 6.07) is 5.72. The molecule has 1 nitrogen and oxygen atoms in total. The maximum Gasteiger partial charge on any atom is 0.455 e. The van der Waals surface area contributed by atoms with Crippen molar-refractivity contribution in [1.82, 2.24) is 4.98 Å². The summed E-state index contributed by atoms with van der Waals surface area (Å²) in [5.74, 6) is 0. The Kier molecular flexibility index (Phi) is 9.25. The van der Waals surface area contributed by atoms with Gasteiger partial charge in [0.2, 0.25) is 0 Å². The van der Waals surface area contributed by atoms with Crippen molar-refractivity contribution >= 4 is 38.6 Å². The van der Waals surface area contributed by atoms with Crippen molar-refractivity contribution in [3.63, 3.8) is 0 Å². The lowest BCUT2D eigenvalue weighted by Gasteiger charge is -1.75. The smallest absolute Gasteiger partial charge is 0.265 e. The van der Waals surface area contributed by atoms with E-state index in [0.717, 1.165) is 0 Å². The van der Waals surface area contributed by atoms with E-state index in [4.69, 9.17) is 0 Å². The molecule has 1 heterocycles. The topological polar surface area (TPSA) is 12.9 Å². The summed E-state index contributed by atoms with van der Waals surface area (Å²) in [5.41, 5.74) is 0. The number of hydrogen-bond donors (Lipinski definition) is 0. The first-order chi connectivity index (χ1) is 5.27. The molecule has 0 aromatic carbocycles. The molecule has 1 aromatic rings. The molecule has 4 heteroatoms. The average molecular weight is 295 g/mol. The normalized spacial score (nSPS) is 7.91. The minimum Gasteiger partial charge on any atom is -0.265 e. The van der Waals surface area contributed by atoms with Crippen molar-refractivity contribution in [3.8, 4) is 0 Å². The summed E-state index contributed by atoms with van der Waals surface area (Å²) < 4.78 is 0. The first kappa shape index (κ1) is 11.6. The van der Waals surface area contributed by atoms with Crippen LogP contribution in [0.5, 0.6) is 0 Å². The Morgan fingerprint density at radius 2 is 1.64 bits per heavy atom. The number of pyridine rings is 1. The van der Waals surface area contributed by atoms with E-state index in [2.05, 4.69) is 40.0 Å². The van der Waals surface area contributed by atoms with Crippen LogP contribution in [0.15, 0.2) is 30.6 Å². The average Bonchev–Trinajstić information content (AvgIpc) is 2.09. The van der Waals surface area contributed by atoms with Crippen molar-refractivity contribution in [2.75, 3.05) is 0 Å². The molecule has 0 unspecified atom stereocenters. The van der Waals surface area contributed by atoms with Gasteiger partial charge < -0.3 is 0 Å². The van der Waals surface area contributed by atoms with Crippen molar-refractivity contribution in [3.05, 3.63) is 30.6 Å². The molecular formula is C7H10AlBr2N. The summed E-state index contributed by atoms with van der Waals surface area (Å²) in [6.45, 7) is 2.17.